The lowest BCUT2D eigenvalue weighted by atomic mass is 10.2. The van der Waals surface area contributed by atoms with Gasteiger partial charge in [-0.2, -0.15) is 13.2 Å². The van der Waals surface area contributed by atoms with Gasteiger partial charge in [-0.1, -0.05) is 18.2 Å². The Morgan fingerprint density at radius 1 is 0.903 bits per heavy atom. The number of primary amides is 1. The molecule has 3 aromatic carbocycles. The van der Waals surface area contributed by atoms with Gasteiger partial charge in [-0.05, 0) is 48.5 Å². The van der Waals surface area contributed by atoms with Crippen molar-refractivity contribution in [1.82, 2.24) is 0 Å². The van der Waals surface area contributed by atoms with Gasteiger partial charge in [0, 0.05) is 11.8 Å². The van der Waals surface area contributed by atoms with E-state index in [-0.39, 0.29) is 17.1 Å². The number of hydrogen-bond donors (Lipinski definition) is 2. The number of rotatable bonds is 7. The molecule has 0 aliphatic heterocycles. The van der Waals surface area contributed by atoms with Gasteiger partial charge in [0.2, 0.25) is 0 Å². The van der Waals surface area contributed by atoms with E-state index in [1.165, 1.54) is 12.1 Å². The van der Waals surface area contributed by atoms with E-state index in [1.807, 2.05) is 0 Å². The minimum absolute atomic E-state index is 0.128. The molecular weight excluding hydrogens is 413 g/mol. The zero-order valence-corrected chi connectivity index (χ0v) is 16.0. The average Bonchev–Trinajstić information content (AvgIpc) is 2.72. The molecule has 0 saturated carbocycles. The molecule has 0 atom stereocenters. The van der Waals surface area contributed by atoms with E-state index < -0.39 is 30.2 Å². The number of amides is 2. The van der Waals surface area contributed by atoms with E-state index in [0.717, 1.165) is 24.3 Å². The van der Waals surface area contributed by atoms with Gasteiger partial charge in [-0.3, -0.25) is 9.59 Å². The summed E-state index contributed by atoms with van der Waals surface area (Å²) < 4.78 is 48.6. The number of halogens is 3. The van der Waals surface area contributed by atoms with Crippen molar-refractivity contribution in [2.45, 2.75) is 6.18 Å². The van der Waals surface area contributed by atoms with Crippen LogP contribution in [0.1, 0.15) is 15.9 Å². The fourth-order valence-corrected chi connectivity index (χ4v) is 2.61. The number of nitrogens with one attached hydrogen (secondary N) is 1. The minimum atomic E-state index is -4.44. The van der Waals surface area contributed by atoms with E-state index in [4.69, 9.17) is 15.2 Å². The number of benzene rings is 3. The predicted molar refractivity (Wildman–Crippen MR) is 107 cm³/mol. The van der Waals surface area contributed by atoms with Gasteiger partial charge < -0.3 is 20.5 Å². The first-order valence-corrected chi connectivity index (χ1v) is 8.99. The lowest BCUT2D eigenvalue weighted by Crippen LogP contribution is -2.20. The van der Waals surface area contributed by atoms with Gasteiger partial charge in [0.15, 0.2) is 6.61 Å². The molecule has 160 valence electrons. The van der Waals surface area contributed by atoms with Crippen molar-refractivity contribution < 1.29 is 32.2 Å². The van der Waals surface area contributed by atoms with Crippen LogP contribution in [0.4, 0.5) is 18.9 Å². The molecule has 0 saturated heterocycles. The van der Waals surface area contributed by atoms with Crippen LogP contribution in [0.15, 0.2) is 72.8 Å². The van der Waals surface area contributed by atoms with Gasteiger partial charge in [-0.25, -0.2) is 0 Å². The molecule has 3 aromatic rings. The molecule has 0 aliphatic rings. The lowest BCUT2D eigenvalue weighted by molar-refractivity contribution is -0.137. The smallest absolute Gasteiger partial charge is 0.416 e. The maximum Gasteiger partial charge on any atom is 0.416 e. The van der Waals surface area contributed by atoms with Crippen LogP contribution in [-0.2, 0) is 11.0 Å². The first kappa shape index (κ1) is 21.7. The third-order valence-electron chi connectivity index (χ3n) is 4.05. The summed E-state index contributed by atoms with van der Waals surface area (Å²) in [5.74, 6) is -0.405. The highest BCUT2D eigenvalue weighted by molar-refractivity contribution is 5.95. The third kappa shape index (κ3) is 5.99. The Kier molecular flexibility index (Phi) is 6.44. The monoisotopic (exact) mass is 430 g/mol. The van der Waals surface area contributed by atoms with Crippen molar-refractivity contribution in [1.29, 1.82) is 0 Å². The van der Waals surface area contributed by atoms with Crippen LogP contribution < -0.4 is 20.5 Å². The lowest BCUT2D eigenvalue weighted by Gasteiger charge is -2.12. The summed E-state index contributed by atoms with van der Waals surface area (Å²) in [7, 11) is 0. The van der Waals surface area contributed by atoms with E-state index in [0.29, 0.717) is 11.4 Å². The molecule has 0 unspecified atom stereocenters. The fraction of sp³-hybridized carbons (Fsp3) is 0.0909. The quantitative estimate of drug-likeness (QED) is 0.573. The molecule has 0 spiro atoms. The third-order valence-corrected chi connectivity index (χ3v) is 4.05. The molecule has 0 bridgehead atoms. The maximum atomic E-state index is 12.6. The molecule has 0 aromatic heterocycles. The van der Waals surface area contributed by atoms with Crippen LogP contribution in [0, 0.1) is 0 Å². The Hall–Kier alpha value is -4.01. The number of anilines is 1. The summed E-state index contributed by atoms with van der Waals surface area (Å²) >= 11 is 0. The summed E-state index contributed by atoms with van der Waals surface area (Å²) in [6.45, 7) is -0.402. The molecule has 0 radical (unpaired) electrons. The molecule has 9 heteroatoms. The van der Waals surface area contributed by atoms with Crippen LogP contribution in [-0.4, -0.2) is 18.4 Å². The normalized spacial score (nSPS) is 10.9. The fourth-order valence-electron chi connectivity index (χ4n) is 2.61. The maximum absolute atomic E-state index is 12.6. The number of nitrogens with two attached hydrogens (primary N) is 1. The second kappa shape index (κ2) is 9.21. The predicted octanol–water partition coefficient (Wildman–Crippen LogP) is 4.61. The van der Waals surface area contributed by atoms with Crippen molar-refractivity contribution in [3.05, 3.63) is 83.9 Å². The van der Waals surface area contributed by atoms with Crippen molar-refractivity contribution >= 4 is 17.5 Å². The highest BCUT2D eigenvalue weighted by Crippen LogP contribution is 2.30. The van der Waals surface area contributed by atoms with Gasteiger partial charge in [-0.15, -0.1) is 0 Å². The van der Waals surface area contributed by atoms with Gasteiger partial charge >= 0.3 is 6.18 Å². The summed E-state index contributed by atoms with van der Waals surface area (Å²) in [4.78, 5) is 23.6. The van der Waals surface area contributed by atoms with Crippen molar-refractivity contribution in [2.75, 3.05) is 11.9 Å². The standard InChI is InChI=1S/C22H17F3N2O4/c23-22(24,25)14-8-10-16(11-9-14)30-13-20(28)27-15-4-3-5-17(12-15)31-19-7-2-1-6-18(19)21(26)29/h1-12H,13H2,(H2,26,29)(H,27,28). The Morgan fingerprint density at radius 2 is 1.61 bits per heavy atom. The van der Waals surface area contributed by atoms with Gasteiger partial charge in [0.1, 0.15) is 17.2 Å². The van der Waals surface area contributed by atoms with E-state index in [2.05, 4.69) is 5.32 Å². The van der Waals surface area contributed by atoms with Crippen LogP contribution in [0.2, 0.25) is 0 Å². The number of ether oxygens (including phenoxy) is 2. The summed E-state index contributed by atoms with van der Waals surface area (Å²) in [6, 6.07) is 16.9. The van der Waals surface area contributed by atoms with Gasteiger partial charge in [0.25, 0.3) is 11.8 Å². The van der Waals surface area contributed by atoms with Gasteiger partial charge in [0.05, 0.1) is 11.1 Å². The molecule has 3 N–H and O–H groups in total. The molecule has 3 rings (SSSR count). The Balaban J connectivity index is 1.59. The first-order valence-electron chi connectivity index (χ1n) is 8.99. The number of alkyl halides is 3. The summed E-state index contributed by atoms with van der Waals surface area (Å²) in [5.41, 5.74) is 5.13. The molecule has 2 amide bonds. The van der Waals surface area contributed by atoms with Crippen LogP contribution in [0.3, 0.4) is 0 Å². The number of carbonyl (C=O) groups is 2. The van der Waals surface area contributed by atoms with E-state index in [1.54, 1.807) is 36.4 Å². The summed E-state index contributed by atoms with van der Waals surface area (Å²) in [5, 5.41) is 2.60. The van der Waals surface area contributed by atoms with Crippen LogP contribution in [0.25, 0.3) is 0 Å². The van der Waals surface area contributed by atoms with E-state index >= 15 is 0 Å². The largest absolute Gasteiger partial charge is 0.484 e. The number of hydrogen-bond acceptors (Lipinski definition) is 4. The highest BCUT2D eigenvalue weighted by Gasteiger charge is 2.30. The van der Waals surface area contributed by atoms with Crippen LogP contribution >= 0.6 is 0 Å². The second-order valence-corrected chi connectivity index (χ2v) is 6.35. The van der Waals surface area contributed by atoms with Crippen molar-refractivity contribution in [3.8, 4) is 17.2 Å². The topological polar surface area (TPSA) is 90.7 Å². The van der Waals surface area contributed by atoms with Crippen LogP contribution in [0.5, 0.6) is 17.2 Å². The Labute approximate surface area is 175 Å². The average molecular weight is 430 g/mol. The summed E-state index contributed by atoms with van der Waals surface area (Å²) in [6.07, 6.45) is -4.44. The molecule has 0 aliphatic carbocycles. The molecular formula is C22H17F3N2O4. The zero-order valence-electron chi connectivity index (χ0n) is 16.0. The first-order chi connectivity index (χ1) is 14.7. The van der Waals surface area contributed by atoms with Crippen molar-refractivity contribution in [2.24, 2.45) is 5.73 Å². The second-order valence-electron chi connectivity index (χ2n) is 6.35. The zero-order chi connectivity index (χ0) is 22.4. The molecule has 6 nitrogen and oxygen atoms in total. The minimum Gasteiger partial charge on any atom is -0.484 e. The molecule has 0 fully saturated rings. The molecule has 0 heterocycles. The Bertz CT molecular complexity index is 1080. The number of carbonyl (C=O) groups excluding carboxylic acids is 2. The Morgan fingerprint density at radius 3 is 2.29 bits per heavy atom. The molecule has 31 heavy (non-hydrogen) atoms. The highest BCUT2D eigenvalue weighted by atomic mass is 19.4. The van der Waals surface area contributed by atoms with E-state index in [9.17, 15) is 22.8 Å². The van der Waals surface area contributed by atoms with Crippen molar-refractivity contribution in [3.63, 3.8) is 0 Å². The SMILES string of the molecule is NC(=O)c1ccccc1Oc1cccc(NC(=O)COc2ccc(C(F)(F)F)cc2)c1. The number of para-hydroxylation sites is 1.